The van der Waals surface area contributed by atoms with Gasteiger partial charge in [0.15, 0.2) is 0 Å². The van der Waals surface area contributed by atoms with Crippen LogP contribution >= 0.6 is 0 Å². The third-order valence-corrected chi connectivity index (χ3v) is 4.00. The lowest BCUT2D eigenvalue weighted by Gasteiger charge is -2.12. The van der Waals surface area contributed by atoms with Gasteiger partial charge < -0.3 is 20.1 Å². The van der Waals surface area contributed by atoms with Crippen molar-refractivity contribution in [2.45, 2.75) is 26.9 Å². The van der Waals surface area contributed by atoms with E-state index < -0.39 is 0 Å². The Bertz CT molecular complexity index is 988. The highest BCUT2D eigenvalue weighted by Gasteiger charge is 2.12. The first kappa shape index (κ1) is 20.1. The first-order chi connectivity index (χ1) is 13.9. The Balaban J connectivity index is 1.72. The Morgan fingerprint density at radius 3 is 2.48 bits per heavy atom. The van der Waals surface area contributed by atoms with E-state index in [0.29, 0.717) is 17.3 Å². The van der Waals surface area contributed by atoms with E-state index in [4.69, 9.17) is 9.47 Å². The molecule has 0 aliphatic rings. The first-order valence-corrected chi connectivity index (χ1v) is 9.26. The molecule has 1 heterocycles. The normalized spacial score (nSPS) is 10.5. The number of benzene rings is 2. The summed E-state index contributed by atoms with van der Waals surface area (Å²) in [5, 5.41) is 6.00. The molecule has 3 aromatic rings. The highest BCUT2D eigenvalue weighted by atomic mass is 16.5. The zero-order chi connectivity index (χ0) is 20.8. The minimum absolute atomic E-state index is 0.115. The molecule has 0 saturated carbocycles. The van der Waals surface area contributed by atoms with E-state index >= 15 is 0 Å². The van der Waals surface area contributed by atoms with E-state index in [1.807, 2.05) is 63.2 Å². The van der Waals surface area contributed by atoms with E-state index in [2.05, 4.69) is 20.6 Å². The van der Waals surface area contributed by atoms with Crippen molar-refractivity contribution < 1.29 is 14.3 Å². The Kier molecular flexibility index (Phi) is 6.29. The van der Waals surface area contributed by atoms with Gasteiger partial charge in [0, 0.05) is 11.8 Å². The molecule has 0 fully saturated rings. The van der Waals surface area contributed by atoms with Gasteiger partial charge in [-0.15, -0.1) is 0 Å². The third kappa shape index (κ3) is 5.44. The molecule has 0 atom stereocenters. The minimum atomic E-state index is -0.347. The zero-order valence-corrected chi connectivity index (χ0v) is 16.9. The van der Waals surface area contributed by atoms with Gasteiger partial charge in [0.25, 0.3) is 5.91 Å². The number of carbonyl (C=O) groups excluding carboxylic acids is 1. The number of aryl methyl sites for hydroxylation is 1. The lowest BCUT2D eigenvalue weighted by Crippen LogP contribution is -2.15. The fourth-order valence-electron chi connectivity index (χ4n) is 2.69. The van der Waals surface area contributed by atoms with Crippen LogP contribution in [0.25, 0.3) is 0 Å². The Hall–Kier alpha value is -3.61. The SMILES string of the molecule is COc1ccc(C)cc1NC(=O)c1cc(Nc2ccc(OC(C)C)cc2)ncn1. The van der Waals surface area contributed by atoms with Crippen molar-refractivity contribution >= 4 is 23.1 Å². The number of ether oxygens (including phenoxy) is 2. The summed E-state index contributed by atoms with van der Waals surface area (Å²) < 4.78 is 10.9. The molecule has 2 N–H and O–H groups in total. The molecule has 150 valence electrons. The summed E-state index contributed by atoms with van der Waals surface area (Å²) in [6.45, 7) is 5.90. The van der Waals surface area contributed by atoms with Crippen molar-refractivity contribution in [2.75, 3.05) is 17.7 Å². The van der Waals surface area contributed by atoms with Gasteiger partial charge in [-0.1, -0.05) is 6.07 Å². The Morgan fingerprint density at radius 2 is 1.79 bits per heavy atom. The van der Waals surface area contributed by atoms with Crippen LogP contribution < -0.4 is 20.1 Å². The van der Waals surface area contributed by atoms with E-state index in [1.165, 1.54) is 6.33 Å². The number of amides is 1. The smallest absolute Gasteiger partial charge is 0.274 e. The van der Waals surface area contributed by atoms with Gasteiger partial charge in [0.05, 0.1) is 18.9 Å². The number of nitrogens with one attached hydrogen (secondary N) is 2. The number of rotatable bonds is 7. The maximum absolute atomic E-state index is 12.6. The third-order valence-electron chi connectivity index (χ3n) is 4.00. The van der Waals surface area contributed by atoms with Crippen LogP contribution in [0.5, 0.6) is 11.5 Å². The van der Waals surface area contributed by atoms with Crippen LogP contribution in [-0.2, 0) is 0 Å². The van der Waals surface area contributed by atoms with Crippen molar-refractivity contribution in [3.63, 3.8) is 0 Å². The quantitative estimate of drug-likeness (QED) is 0.612. The van der Waals surface area contributed by atoms with E-state index in [0.717, 1.165) is 17.0 Å². The van der Waals surface area contributed by atoms with Gasteiger partial charge in [-0.2, -0.15) is 0 Å². The maximum Gasteiger partial charge on any atom is 0.274 e. The average Bonchev–Trinajstić information content (AvgIpc) is 2.69. The molecular formula is C22H24N4O3. The molecule has 0 saturated heterocycles. The second-order valence-corrected chi connectivity index (χ2v) is 6.76. The number of hydrogen-bond donors (Lipinski definition) is 2. The molecule has 7 nitrogen and oxygen atoms in total. The average molecular weight is 392 g/mol. The minimum Gasteiger partial charge on any atom is -0.495 e. The summed E-state index contributed by atoms with van der Waals surface area (Å²) in [4.78, 5) is 20.9. The molecule has 0 aliphatic heterocycles. The highest BCUT2D eigenvalue weighted by molar-refractivity contribution is 6.04. The molecular weight excluding hydrogens is 368 g/mol. The van der Waals surface area contributed by atoms with Crippen molar-refractivity contribution in [3.05, 3.63) is 66.1 Å². The summed E-state index contributed by atoms with van der Waals surface area (Å²) in [6, 6.07) is 14.7. The summed E-state index contributed by atoms with van der Waals surface area (Å²) in [5.41, 5.74) is 2.67. The van der Waals surface area contributed by atoms with Gasteiger partial charge in [-0.3, -0.25) is 4.79 Å². The molecule has 1 amide bonds. The Morgan fingerprint density at radius 1 is 1.03 bits per heavy atom. The monoisotopic (exact) mass is 392 g/mol. The number of aromatic nitrogens is 2. The number of hydrogen-bond acceptors (Lipinski definition) is 6. The molecule has 1 aromatic heterocycles. The molecule has 0 aliphatic carbocycles. The van der Waals surface area contributed by atoms with Crippen LogP contribution in [-0.4, -0.2) is 29.1 Å². The maximum atomic E-state index is 12.6. The van der Waals surface area contributed by atoms with Crippen LogP contribution in [0.1, 0.15) is 29.9 Å². The fourth-order valence-corrected chi connectivity index (χ4v) is 2.69. The van der Waals surface area contributed by atoms with Crippen LogP contribution in [0.15, 0.2) is 54.9 Å². The van der Waals surface area contributed by atoms with Gasteiger partial charge in [-0.25, -0.2) is 9.97 Å². The van der Waals surface area contributed by atoms with Gasteiger partial charge >= 0.3 is 0 Å². The molecule has 7 heteroatoms. The fraction of sp³-hybridized carbons (Fsp3) is 0.227. The molecule has 0 bridgehead atoms. The molecule has 3 rings (SSSR count). The van der Waals surface area contributed by atoms with Crippen molar-refractivity contribution in [1.82, 2.24) is 9.97 Å². The highest BCUT2D eigenvalue weighted by Crippen LogP contribution is 2.26. The number of anilines is 3. The summed E-state index contributed by atoms with van der Waals surface area (Å²) in [7, 11) is 1.56. The van der Waals surface area contributed by atoms with Crippen LogP contribution in [0, 0.1) is 6.92 Å². The molecule has 0 unspecified atom stereocenters. The van der Waals surface area contributed by atoms with Crippen LogP contribution in [0.3, 0.4) is 0 Å². The van der Waals surface area contributed by atoms with E-state index in [9.17, 15) is 4.79 Å². The first-order valence-electron chi connectivity index (χ1n) is 9.26. The van der Waals surface area contributed by atoms with Crippen molar-refractivity contribution in [2.24, 2.45) is 0 Å². The zero-order valence-electron chi connectivity index (χ0n) is 16.9. The lowest BCUT2D eigenvalue weighted by atomic mass is 10.2. The van der Waals surface area contributed by atoms with Crippen LogP contribution in [0.2, 0.25) is 0 Å². The second kappa shape index (κ2) is 9.05. The number of nitrogens with zero attached hydrogens (tertiary/aromatic N) is 2. The predicted octanol–water partition coefficient (Wildman–Crippen LogP) is 4.58. The largest absolute Gasteiger partial charge is 0.495 e. The summed E-state index contributed by atoms with van der Waals surface area (Å²) in [6.07, 6.45) is 1.46. The summed E-state index contributed by atoms with van der Waals surface area (Å²) >= 11 is 0. The lowest BCUT2D eigenvalue weighted by molar-refractivity contribution is 0.102. The Labute approximate surface area is 170 Å². The second-order valence-electron chi connectivity index (χ2n) is 6.76. The molecule has 2 aromatic carbocycles. The van der Waals surface area contributed by atoms with E-state index in [1.54, 1.807) is 13.2 Å². The predicted molar refractivity (Wildman–Crippen MR) is 113 cm³/mol. The van der Waals surface area contributed by atoms with Gasteiger partial charge in [0.2, 0.25) is 0 Å². The van der Waals surface area contributed by atoms with E-state index in [-0.39, 0.29) is 17.7 Å². The van der Waals surface area contributed by atoms with Gasteiger partial charge in [-0.05, 0) is 62.7 Å². The molecule has 0 radical (unpaired) electrons. The number of methoxy groups -OCH3 is 1. The van der Waals surface area contributed by atoms with Crippen LogP contribution in [0.4, 0.5) is 17.2 Å². The topological polar surface area (TPSA) is 85.4 Å². The van der Waals surface area contributed by atoms with Crippen molar-refractivity contribution in [1.29, 1.82) is 0 Å². The van der Waals surface area contributed by atoms with Gasteiger partial charge in [0.1, 0.15) is 29.3 Å². The standard InChI is InChI=1S/C22H24N4O3/c1-14(2)29-17-8-6-16(7-9-17)25-21-12-19(23-13-24-21)22(27)26-18-11-15(3)5-10-20(18)28-4/h5-14H,1-4H3,(H,26,27)(H,23,24,25). The van der Waals surface area contributed by atoms with Crippen molar-refractivity contribution in [3.8, 4) is 11.5 Å². The molecule has 0 spiro atoms. The summed E-state index contributed by atoms with van der Waals surface area (Å²) in [5.74, 6) is 1.54. The molecule has 29 heavy (non-hydrogen) atoms. The number of carbonyl (C=O) groups is 1.